The van der Waals surface area contributed by atoms with Crippen LogP contribution in [0.15, 0.2) is 46.9 Å². The summed E-state index contributed by atoms with van der Waals surface area (Å²) in [5.41, 5.74) is 1.71. The third-order valence-corrected chi connectivity index (χ3v) is 4.14. The Morgan fingerprint density at radius 3 is 2.43 bits per heavy atom. The molecule has 0 aromatic heterocycles. The van der Waals surface area contributed by atoms with Crippen LogP contribution in [0.25, 0.3) is 0 Å². The zero-order valence-electron chi connectivity index (χ0n) is 11.9. The largest absolute Gasteiger partial charge is 0.314 e. The van der Waals surface area contributed by atoms with Crippen LogP contribution >= 0.6 is 15.9 Å². The van der Waals surface area contributed by atoms with Crippen molar-refractivity contribution in [1.29, 1.82) is 0 Å². The van der Waals surface area contributed by atoms with Gasteiger partial charge < -0.3 is 5.32 Å². The molecule has 21 heavy (non-hydrogen) atoms. The predicted molar refractivity (Wildman–Crippen MR) is 85.4 cm³/mol. The number of nitrogens with one attached hydrogen (secondary N) is 1. The van der Waals surface area contributed by atoms with Gasteiger partial charge in [0.15, 0.2) is 0 Å². The van der Waals surface area contributed by atoms with Crippen molar-refractivity contribution in [3.63, 3.8) is 0 Å². The highest BCUT2D eigenvalue weighted by molar-refractivity contribution is 9.10. The van der Waals surface area contributed by atoms with Gasteiger partial charge in [0.1, 0.15) is 11.6 Å². The zero-order valence-corrected chi connectivity index (χ0v) is 13.5. The summed E-state index contributed by atoms with van der Waals surface area (Å²) >= 11 is 3.38. The van der Waals surface area contributed by atoms with Crippen molar-refractivity contribution in [2.75, 3.05) is 6.54 Å². The van der Waals surface area contributed by atoms with E-state index in [-0.39, 0.29) is 17.7 Å². The fraction of sp³-hybridized carbons (Fsp3) is 0.294. The molecule has 1 N–H and O–H groups in total. The normalized spacial score (nSPS) is 12.4. The van der Waals surface area contributed by atoms with Crippen LogP contribution < -0.4 is 5.32 Å². The third-order valence-electron chi connectivity index (χ3n) is 3.40. The molecule has 0 aliphatic heterocycles. The minimum absolute atomic E-state index is 0.105. The van der Waals surface area contributed by atoms with Crippen LogP contribution in [0.4, 0.5) is 8.78 Å². The summed E-state index contributed by atoms with van der Waals surface area (Å²) in [5, 5.41) is 3.37. The molecule has 0 bridgehead atoms. The number of hydrogen-bond donors (Lipinski definition) is 1. The lowest BCUT2D eigenvalue weighted by molar-refractivity contribution is 0.504. The molecule has 4 heteroatoms. The fourth-order valence-electron chi connectivity index (χ4n) is 2.39. The maximum absolute atomic E-state index is 13.8. The second-order valence-corrected chi connectivity index (χ2v) is 5.84. The molecule has 112 valence electrons. The quantitative estimate of drug-likeness (QED) is 0.806. The van der Waals surface area contributed by atoms with E-state index in [4.69, 9.17) is 0 Å². The molecule has 0 aliphatic carbocycles. The summed E-state index contributed by atoms with van der Waals surface area (Å²) in [6, 6.07) is 11.6. The van der Waals surface area contributed by atoms with Crippen molar-refractivity contribution in [3.05, 3.63) is 69.7 Å². The van der Waals surface area contributed by atoms with E-state index < -0.39 is 0 Å². The molecule has 0 amide bonds. The second kappa shape index (κ2) is 7.66. The Balaban J connectivity index is 2.14. The molecule has 2 aromatic rings. The fourth-order valence-corrected chi connectivity index (χ4v) is 2.90. The van der Waals surface area contributed by atoms with Crippen molar-refractivity contribution in [1.82, 2.24) is 5.32 Å². The highest BCUT2D eigenvalue weighted by atomic mass is 79.9. The van der Waals surface area contributed by atoms with Gasteiger partial charge in [-0.05, 0) is 48.7 Å². The maximum atomic E-state index is 13.8. The maximum Gasteiger partial charge on any atom is 0.126 e. The lowest BCUT2D eigenvalue weighted by Crippen LogP contribution is -2.33. The van der Waals surface area contributed by atoms with Crippen molar-refractivity contribution >= 4 is 15.9 Å². The number of halogens is 3. The van der Waals surface area contributed by atoms with Crippen LogP contribution in [0.1, 0.15) is 18.1 Å². The summed E-state index contributed by atoms with van der Waals surface area (Å²) in [7, 11) is 0. The van der Waals surface area contributed by atoms with Crippen molar-refractivity contribution in [2.24, 2.45) is 0 Å². The van der Waals surface area contributed by atoms with Crippen LogP contribution in [0.3, 0.4) is 0 Å². The molecular weight excluding hydrogens is 336 g/mol. The summed E-state index contributed by atoms with van der Waals surface area (Å²) < 4.78 is 27.7. The smallest absolute Gasteiger partial charge is 0.126 e. The van der Waals surface area contributed by atoms with Gasteiger partial charge in [0, 0.05) is 10.5 Å². The van der Waals surface area contributed by atoms with Gasteiger partial charge in [-0.25, -0.2) is 8.78 Å². The van der Waals surface area contributed by atoms with E-state index in [0.717, 1.165) is 16.6 Å². The minimum atomic E-state index is -0.264. The van der Waals surface area contributed by atoms with E-state index in [1.165, 1.54) is 18.2 Å². The minimum Gasteiger partial charge on any atom is -0.314 e. The lowest BCUT2D eigenvalue weighted by Gasteiger charge is -2.19. The van der Waals surface area contributed by atoms with Crippen molar-refractivity contribution < 1.29 is 8.78 Å². The van der Waals surface area contributed by atoms with Crippen molar-refractivity contribution in [2.45, 2.75) is 25.8 Å². The molecule has 0 heterocycles. The zero-order chi connectivity index (χ0) is 15.2. The Morgan fingerprint density at radius 1 is 1.05 bits per heavy atom. The highest BCUT2D eigenvalue weighted by Crippen LogP contribution is 2.21. The highest BCUT2D eigenvalue weighted by Gasteiger charge is 2.14. The first-order valence-electron chi connectivity index (χ1n) is 7.01. The number of benzene rings is 2. The molecule has 0 radical (unpaired) electrons. The summed E-state index contributed by atoms with van der Waals surface area (Å²) in [4.78, 5) is 0. The Morgan fingerprint density at radius 2 is 1.76 bits per heavy atom. The topological polar surface area (TPSA) is 12.0 Å². The van der Waals surface area contributed by atoms with Gasteiger partial charge in [-0.2, -0.15) is 0 Å². The Labute approximate surface area is 132 Å². The van der Waals surface area contributed by atoms with Crippen LogP contribution in [0.2, 0.25) is 0 Å². The van der Waals surface area contributed by atoms with Gasteiger partial charge in [-0.1, -0.05) is 47.1 Å². The van der Waals surface area contributed by atoms with E-state index in [2.05, 4.69) is 21.2 Å². The molecule has 0 saturated heterocycles. The average molecular weight is 354 g/mol. The standard InChI is InChI=1S/C17H18BrF2N/c1-2-21-15(10-13-5-3-4-6-17(13)20)9-12-7-8-14(19)11-16(12)18/h3-8,11,15,21H,2,9-10H2,1H3. The van der Waals surface area contributed by atoms with Gasteiger partial charge in [-0.3, -0.25) is 0 Å². The molecule has 1 nitrogen and oxygen atoms in total. The predicted octanol–water partition coefficient (Wildman–Crippen LogP) is 4.49. The van der Waals surface area contributed by atoms with E-state index in [1.807, 2.05) is 13.0 Å². The third kappa shape index (κ3) is 4.61. The van der Waals surface area contributed by atoms with Crippen LogP contribution in [0, 0.1) is 11.6 Å². The first kappa shape index (κ1) is 16.1. The number of likely N-dealkylation sites (N-methyl/N-ethyl adjacent to an activating group) is 1. The van der Waals surface area contributed by atoms with Gasteiger partial charge in [-0.15, -0.1) is 0 Å². The van der Waals surface area contributed by atoms with Crippen LogP contribution in [-0.2, 0) is 12.8 Å². The van der Waals surface area contributed by atoms with Crippen molar-refractivity contribution in [3.8, 4) is 0 Å². The monoisotopic (exact) mass is 353 g/mol. The van der Waals surface area contributed by atoms with Gasteiger partial charge in [0.25, 0.3) is 0 Å². The molecule has 0 saturated carbocycles. The summed E-state index contributed by atoms with van der Waals surface area (Å²) in [5.74, 6) is -0.446. The molecular formula is C17H18BrF2N. The first-order chi connectivity index (χ1) is 10.1. The van der Waals surface area contributed by atoms with Gasteiger partial charge in [0.05, 0.1) is 0 Å². The molecule has 0 aliphatic rings. The Kier molecular flexibility index (Phi) is 5.88. The molecule has 2 aromatic carbocycles. The van der Waals surface area contributed by atoms with Gasteiger partial charge >= 0.3 is 0 Å². The molecule has 0 fully saturated rings. The number of hydrogen-bond acceptors (Lipinski definition) is 1. The number of rotatable bonds is 6. The molecule has 0 spiro atoms. The van der Waals surface area contributed by atoms with E-state index in [0.29, 0.717) is 18.4 Å². The molecule has 1 unspecified atom stereocenters. The molecule has 1 atom stereocenters. The summed E-state index contributed by atoms with van der Waals surface area (Å²) in [6.45, 7) is 2.83. The van der Waals surface area contributed by atoms with Crippen LogP contribution in [0.5, 0.6) is 0 Å². The average Bonchev–Trinajstić information content (AvgIpc) is 2.44. The first-order valence-corrected chi connectivity index (χ1v) is 7.80. The summed E-state index contributed by atoms with van der Waals surface area (Å²) in [6.07, 6.45) is 1.31. The Bertz CT molecular complexity index is 601. The SMILES string of the molecule is CCNC(Cc1ccccc1F)Cc1ccc(F)cc1Br. The van der Waals surface area contributed by atoms with E-state index in [9.17, 15) is 8.78 Å². The molecule has 2 rings (SSSR count). The second-order valence-electron chi connectivity index (χ2n) is 4.99. The Hall–Kier alpha value is -1.26. The van der Waals surface area contributed by atoms with E-state index >= 15 is 0 Å². The van der Waals surface area contributed by atoms with E-state index in [1.54, 1.807) is 18.2 Å². The van der Waals surface area contributed by atoms with Gasteiger partial charge in [0.2, 0.25) is 0 Å². The lowest BCUT2D eigenvalue weighted by atomic mass is 9.98. The van der Waals surface area contributed by atoms with Crippen LogP contribution in [-0.4, -0.2) is 12.6 Å².